The van der Waals surface area contributed by atoms with Crippen molar-refractivity contribution in [3.8, 4) is 0 Å². The van der Waals surface area contributed by atoms with Gasteiger partial charge < -0.3 is 20.6 Å². The van der Waals surface area contributed by atoms with Crippen LogP contribution in [-0.2, 0) is 4.79 Å². The molecule has 0 spiro atoms. The smallest absolute Gasteiger partial charge is 0.222 e. The molecule has 0 saturated heterocycles. The summed E-state index contributed by atoms with van der Waals surface area (Å²) in [7, 11) is 0. The minimum Gasteiger partial charge on any atom is -0.394 e. The quantitative estimate of drug-likeness (QED) is 0.0460. The summed E-state index contributed by atoms with van der Waals surface area (Å²) in [5.41, 5.74) is 0. The lowest BCUT2D eigenvalue weighted by Crippen LogP contribution is -2.46. The van der Waals surface area contributed by atoms with Crippen molar-refractivity contribution in [1.82, 2.24) is 5.32 Å². The third kappa shape index (κ3) is 44.9. The lowest BCUT2D eigenvalue weighted by molar-refractivity contribution is -0.125. The Morgan fingerprint density at radius 2 is 0.586 bits per heavy atom. The molecule has 0 rings (SSSR count). The summed E-state index contributed by atoms with van der Waals surface area (Å²) in [5.74, 6) is -0.275. The summed E-state index contributed by atoms with van der Waals surface area (Å²) in [4.78, 5) is 12.5. The van der Waals surface area contributed by atoms with Crippen LogP contribution in [-0.4, -0.2) is 46.1 Å². The topological polar surface area (TPSA) is 89.8 Å². The predicted molar refractivity (Wildman–Crippen MR) is 255 cm³/mol. The van der Waals surface area contributed by atoms with Gasteiger partial charge in [-0.25, -0.2) is 0 Å². The van der Waals surface area contributed by atoms with Crippen molar-refractivity contribution in [3.05, 3.63) is 0 Å². The molecule has 5 heteroatoms. The van der Waals surface area contributed by atoms with Gasteiger partial charge in [0.25, 0.3) is 0 Å². The summed E-state index contributed by atoms with van der Waals surface area (Å²) in [5, 5.41) is 33.6. The number of carbonyl (C=O) groups is 1. The third-order valence-corrected chi connectivity index (χ3v) is 12.9. The van der Waals surface area contributed by atoms with Gasteiger partial charge in [0.2, 0.25) is 5.91 Å². The van der Waals surface area contributed by atoms with Crippen molar-refractivity contribution >= 4 is 5.91 Å². The van der Waals surface area contributed by atoms with Crippen LogP contribution in [0.25, 0.3) is 0 Å². The molecule has 0 aliphatic rings. The Morgan fingerprint density at radius 1 is 0.362 bits per heavy atom. The van der Waals surface area contributed by atoms with E-state index in [1.165, 1.54) is 250 Å². The van der Waals surface area contributed by atoms with Crippen LogP contribution in [0, 0.1) is 0 Å². The van der Waals surface area contributed by atoms with Crippen LogP contribution in [0.2, 0.25) is 0 Å². The molecule has 1 amide bonds. The fraction of sp³-hybridized carbons (Fsp3) is 0.981. The number of unbranched alkanes of at least 4 members (excludes halogenated alkanes) is 41. The van der Waals surface area contributed by atoms with Gasteiger partial charge in [0.15, 0.2) is 0 Å². The van der Waals surface area contributed by atoms with Gasteiger partial charge in [-0.1, -0.05) is 290 Å². The minimum absolute atomic E-state index is 0.0435. The van der Waals surface area contributed by atoms with E-state index in [4.69, 9.17) is 0 Å². The van der Waals surface area contributed by atoms with Crippen molar-refractivity contribution in [2.45, 2.75) is 327 Å². The van der Waals surface area contributed by atoms with E-state index < -0.39 is 18.2 Å². The second kappa shape index (κ2) is 49.0. The van der Waals surface area contributed by atoms with E-state index in [1.807, 2.05) is 0 Å². The highest BCUT2D eigenvalue weighted by molar-refractivity contribution is 5.76. The van der Waals surface area contributed by atoms with Crippen LogP contribution in [0.15, 0.2) is 0 Å². The molecule has 58 heavy (non-hydrogen) atoms. The third-order valence-electron chi connectivity index (χ3n) is 12.9. The van der Waals surface area contributed by atoms with Crippen molar-refractivity contribution in [2.24, 2.45) is 0 Å². The second-order valence-corrected chi connectivity index (χ2v) is 18.9. The number of amides is 1. The number of hydrogen-bond acceptors (Lipinski definition) is 4. The van der Waals surface area contributed by atoms with Gasteiger partial charge in [-0.2, -0.15) is 0 Å². The van der Waals surface area contributed by atoms with Crippen LogP contribution in [0.5, 0.6) is 0 Å². The average Bonchev–Trinajstić information content (AvgIpc) is 3.22. The molecule has 5 nitrogen and oxygen atoms in total. The molecule has 0 fully saturated rings. The fourth-order valence-electron chi connectivity index (χ4n) is 8.82. The summed E-state index contributed by atoms with van der Waals surface area (Å²) in [6.45, 7) is 4.30. The highest BCUT2D eigenvalue weighted by Crippen LogP contribution is 2.18. The van der Waals surface area contributed by atoms with E-state index in [-0.39, 0.29) is 18.9 Å². The van der Waals surface area contributed by atoms with Gasteiger partial charge in [0.05, 0.1) is 31.3 Å². The van der Waals surface area contributed by atoms with Gasteiger partial charge in [-0.05, 0) is 12.8 Å². The van der Waals surface area contributed by atoms with Crippen LogP contribution >= 0.6 is 0 Å². The highest BCUT2D eigenvalue weighted by Gasteiger charge is 2.21. The van der Waals surface area contributed by atoms with E-state index in [1.54, 1.807) is 0 Å². The summed E-state index contributed by atoms with van der Waals surface area (Å²) in [6, 6.07) is -0.653. The molecule has 0 radical (unpaired) electrons. The first-order chi connectivity index (χ1) is 28.5. The Labute approximate surface area is 364 Å². The molecular weight excluding hydrogens is 715 g/mol. The highest BCUT2D eigenvalue weighted by atomic mass is 16.3. The van der Waals surface area contributed by atoms with Crippen molar-refractivity contribution in [2.75, 3.05) is 6.61 Å². The molecule has 3 atom stereocenters. The fourth-order valence-corrected chi connectivity index (χ4v) is 8.82. The number of carbonyl (C=O) groups excluding carboxylic acids is 1. The van der Waals surface area contributed by atoms with Gasteiger partial charge >= 0.3 is 0 Å². The normalized spacial score (nSPS) is 13.3. The van der Waals surface area contributed by atoms with Crippen molar-refractivity contribution in [3.63, 3.8) is 0 Å². The SMILES string of the molecule is CCCCCCCCCCCCCCCCCCCCCCCCCCC(O)CC(=O)NC(CO)C(O)CCCCCCCCCCCCCCCCCCCCC. The molecule has 3 unspecified atom stereocenters. The average molecular weight is 822 g/mol. The Morgan fingerprint density at radius 3 is 0.828 bits per heavy atom. The Kier molecular flexibility index (Phi) is 48.5. The van der Waals surface area contributed by atoms with Crippen LogP contribution in [0.3, 0.4) is 0 Å². The standard InChI is InChI=1S/C53H107NO4/c1-3-5-7-9-11-13-15-17-19-21-23-24-25-26-27-29-30-32-34-36-38-40-42-44-46-50(56)48-53(58)54-51(49-55)52(57)47-45-43-41-39-37-35-33-31-28-22-20-18-16-14-12-10-8-6-4-2/h50-52,55-57H,3-49H2,1-2H3,(H,54,58). The van der Waals surface area contributed by atoms with Crippen LogP contribution in [0.1, 0.15) is 309 Å². The van der Waals surface area contributed by atoms with Gasteiger partial charge in [0.1, 0.15) is 0 Å². The molecule has 0 aliphatic carbocycles. The number of rotatable bonds is 50. The number of hydrogen-bond donors (Lipinski definition) is 4. The summed E-state index contributed by atoms with van der Waals surface area (Å²) < 4.78 is 0. The van der Waals surface area contributed by atoms with Crippen LogP contribution in [0.4, 0.5) is 0 Å². The monoisotopic (exact) mass is 822 g/mol. The predicted octanol–water partition coefficient (Wildman–Crippen LogP) is 16.2. The van der Waals surface area contributed by atoms with E-state index >= 15 is 0 Å². The Hall–Kier alpha value is -0.650. The number of aliphatic hydroxyl groups excluding tert-OH is 3. The zero-order valence-corrected chi connectivity index (χ0v) is 39.7. The summed E-state index contributed by atoms with van der Waals surface area (Å²) >= 11 is 0. The van der Waals surface area contributed by atoms with Gasteiger partial charge in [-0.3, -0.25) is 4.79 Å². The maximum absolute atomic E-state index is 12.5. The zero-order valence-electron chi connectivity index (χ0n) is 39.7. The van der Waals surface area contributed by atoms with E-state index in [0.29, 0.717) is 12.8 Å². The first kappa shape index (κ1) is 57.3. The van der Waals surface area contributed by atoms with Gasteiger partial charge in [-0.15, -0.1) is 0 Å². The molecule has 0 aromatic heterocycles. The van der Waals surface area contributed by atoms with Crippen LogP contribution < -0.4 is 5.32 Å². The lowest BCUT2D eigenvalue weighted by Gasteiger charge is -2.23. The molecule has 0 bridgehead atoms. The molecular formula is C53H107NO4. The van der Waals surface area contributed by atoms with E-state index in [9.17, 15) is 20.1 Å². The largest absolute Gasteiger partial charge is 0.394 e. The van der Waals surface area contributed by atoms with E-state index in [2.05, 4.69) is 19.2 Å². The second-order valence-electron chi connectivity index (χ2n) is 18.9. The van der Waals surface area contributed by atoms with E-state index in [0.717, 1.165) is 25.7 Å². The number of aliphatic hydroxyl groups is 3. The molecule has 0 heterocycles. The molecule has 348 valence electrons. The maximum atomic E-state index is 12.5. The number of nitrogens with one attached hydrogen (secondary N) is 1. The molecule has 0 aromatic rings. The van der Waals surface area contributed by atoms with Gasteiger partial charge in [0, 0.05) is 0 Å². The maximum Gasteiger partial charge on any atom is 0.222 e. The molecule has 0 aromatic carbocycles. The molecule has 0 aliphatic heterocycles. The molecule has 0 saturated carbocycles. The first-order valence-corrected chi connectivity index (χ1v) is 26.8. The Balaban J connectivity index is 3.50. The zero-order chi connectivity index (χ0) is 42.3. The summed E-state index contributed by atoms with van der Waals surface area (Å²) in [6.07, 6.45) is 58.2. The van der Waals surface area contributed by atoms with Crippen molar-refractivity contribution in [1.29, 1.82) is 0 Å². The molecule has 4 N–H and O–H groups in total. The first-order valence-electron chi connectivity index (χ1n) is 26.8. The minimum atomic E-state index is -0.745. The Bertz CT molecular complexity index is 777. The van der Waals surface area contributed by atoms with Crippen molar-refractivity contribution < 1.29 is 20.1 Å². The lowest BCUT2D eigenvalue weighted by atomic mass is 10.0.